The van der Waals surface area contributed by atoms with Gasteiger partial charge in [0.25, 0.3) is 11.8 Å². The monoisotopic (exact) mass is 407 g/mol. The minimum Gasteiger partial charge on any atom is -0.317 e. The molecular formula is C25H17N3O3. The maximum Gasteiger partial charge on any atom is 0.335 e. The summed E-state index contributed by atoms with van der Waals surface area (Å²) in [6.07, 6.45) is 3.37. The number of barbiturate groups is 1. The van der Waals surface area contributed by atoms with Crippen LogP contribution < -0.4 is 10.2 Å². The number of anilines is 1. The van der Waals surface area contributed by atoms with E-state index in [1.165, 1.54) is 6.08 Å². The lowest BCUT2D eigenvalue weighted by atomic mass is 10.1. The zero-order valence-corrected chi connectivity index (χ0v) is 16.4. The van der Waals surface area contributed by atoms with Crippen molar-refractivity contribution in [2.24, 2.45) is 0 Å². The summed E-state index contributed by atoms with van der Waals surface area (Å²) in [4.78, 5) is 38.8. The number of para-hydroxylation sites is 1. The lowest BCUT2D eigenvalue weighted by Gasteiger charge is -2.26. The zero-order valence-electron chi connectivity index (χ0n) is 16.4. The molecule has 31 heavy (non-hydrogen) atoms. The van der Waals surface area contributed by atoms with E-state index in [2.05, 4.69) is 5.32 Å². The first kappa shape index (κ1) is 18.6. The van der Waals surface area contributed by atoms with Gasteiger partial charge < -0.3 is 4.57 Å². The van der Waals surface area contributed by atoms with Gasteiger partial charge in [-0.1, -0.05) is 48.5 Å². The molecule has 6 heteroatoms. The number of nitrogens with one attached hydrogen (secondary N) is 1. The van der Waals surface area contributed by atoms with Crippen molar-refractivity contribution >= 4 is 40.4 Å². The molecule has 0 bridgehead atoms. The number of rotatable bonds is 3. The Kier molecular flexibility index (Phi) is 4.45. The van der Waals surface area contributed by atoms with Crippen LogP contribution in [0.4, 0.5) is 10.5 Å². The van der Waals surface area contributed by atoms with Crippen LogP contribution in [0.1, 0.15) is 5.69 Å². The third-order valence-corrected chi connectivity index (χ3v) is 5.20. The summed E-state index contributed by atoms with van der Waals surface area (Å²) in [6, 6.07) is 25.5. The molecular weight excluding hydrogens is 390 g/mol. The van der Waals surface area contributed by atoms with Crippen LogP contribution in [0.15, 0.2) is 96.7 Å². The topological polar surface area (TPSA) is 71.4 Å². The molecule has 4 aromatic rings. The van der Waals surface area contributed by atoms with Gasteiger partial charge in [-0.2, -0.15) is 0 Å². The van der Waals surface area contributed by atoms with Crippen molar-refractivity contribution in [1.29, 1.82) is 0 Å². The quantitative estimate of drug-likeness (QED) is 0.407. The van der Waals surface area contributed by atoms with E-state index >= 15 is 0 Å². The Hall–Kier alpha value is -4.45. The van der Waals surface area contributed by atoms with Crippen LogP contribution in [0.2, 0.25) is 0 Å². The van der Waals surface area contributed by atoms with Gasteiger partial charge in [0, 0.05) is 17.6 Å². The molecule has 0 saturated carbocycles. The Balaban J connectivity index is 1.56. The Labute approximate surface area is 178 Å². The van der Waals surface area contributed by atoms with E-state index in [0.29, 0.717) is 11.4 Å². The second-order valence-corrected chi connectivity index (χ2v) is 7.13. The summed E-state index contributed by atoms with van der Waals surface area (Å²) in [7, 11) is 0. The smallest absolute Gasteiger partial charge is 0.317 e. The van der Waals surface area contributed by atoms with Crippen molar-refractivity contribution in [1.82, 2.24) is 9.88 Å². The highest BCUT2D eigenvalue weighted by molar-refractivity contribution is 6.39. The predicted octanol–water partition coefficient (Wildman–Crippen LogP) is 4.30. The first-order valence-electron chi connectivity index (χ1n) is 9.75. The molecule has 5 rings (SSSR count). The van der Waals surface area contributed by atoms with Gasteiger partial charge in [0.1, 0.15) is 5.57 Å². The third kappa shape index (κ3) is 3.30. The largest absolute Gasteiger partial charge is 0.335 e. The van der Waals surface area contributed by atoms with Gasteiger partial charge >= 0.3 is 6.03 Å². The molecule has 1 saturated heterocycles. The molecule has 2 heterocycles. The van der Waals surface area contributed by atoms with Gasteiger partial charge in [0.05, 0.1) is 5.69 Å². The van der Waals surface area contributed by atoms with Crippen molar-refractivity contribution in [2.45, 2.75) is 0 Å². The Morgan fingerprint density at radius 3 is 2.26 bits per heavy atom. The zero-order chi connectivity index (χ0) is 21.4. The first-order valence-corrected chi connectivity index (χ1v) is 9.75. The standard InChI is InChI=1S/C25H17N3O3/c29-23-22(24(30)28(25(31)26-23)19-9-2-1-3-10-19)16-20-11-6-14-27(20)21-13-12-17-7-4-5-8-18(17)15-21/h1-16H,(H,26,29,31)/b22-16+. The number of imide groups is 2. The van der Waals surface area contributed by atoms with Crippen LogP contribution in [0.3, 0.4) is 0 Å². The number of carbonyl (C=O) groups excluding carboxylic acids is 3. The van der Waals surface area contributed by atoms with E-state index in [4.69, 9.17) is 0 Å². The molecule has 0 radical (unpaired) electrons. The summed E-state index contributed by atoms with van der Waals surface area (Å²) in [6.45, 7) is 0. The molecule has 1 aromatic heterocycles. The highest BCUT2D eigenvalue weighted by Gasteiger charge is 2.36. The van der Waals surface area contributed by atoms with Crippen molar-refractivity contribution in [3.8, 4) is 5.69 Å². The number of nitrogens with zero attached hydrogens (tertiary/aromatic N) is 2. The molecule has 1 fully saturated rings. The third-order valence-electron chi connectivity index (χ3n) is 5.20. The molecule has 1 aliphatic rings. The number of amides is 4. The van der Waals surface area contributed by atoms with Crippen LogP contribution in [0.25, 0.3) is 22.5 Å². The fourth-order valence-corrected chi connectivity index (χ4v) is 3.69. The molecule has 6 nitrogen and oxygen atoms in total. The van der Waals surface area contributed by atoms with Crippen molar-refractivity contribution in [2.75, 3.05) is 4.90 Å². The van der Waals surface area contributed by atoms with E-state index in [-0.39, 0.29) is 5.57 Å². The summed E-state index contributed by atoms with van der Waals surface area (Å²) in [5.41, 5.74) is 1.84. The number of benzene rings is 3. The van der Waals surface area contributed by atoms with Gasteiger partial charge in [-0.05, 0) is 53.2 Å². The Morgan fingerprint density at radius 1 is 0.710 bits per heavy atom. The second kappa shape index (κ2) is 7.42. The molecule has 0 unspecified atom stereocenters. The van der Waals surface area contributed by atoms with E-state index in [0.717, 1.165) is 21.4 Å². The number of aromatic nitrogens is 1. The normalized spacial score (nSPS) is 15.5. The summed E-state index contributed by atoms with van der Waals surface area (Å²) < 4.78 is 1.89. The van der Waals surface area contributed by atoms with E-state index in [9.17, 15) is 14.4 Å². The van der Waals surface area contributed by atoms with Gasteiger partial charge in [0.2, 0.25) is 0 Å². The molecule has 0 spiro atoms. The maximum absolute atomic E-state index is 13.1. The van der Waals surface area contributed by atoms with Crippen LogP contribution in [0.5, 0.6) is 0 Å². The number of hydrogen-bond donors (Lipinski definition) is 1. The highest BCUT2D eigenvalue weighted by atomic mass is 16.2. The fourth-order valence-electron chi connectivity index (χ4n) is 3.69. The highest BCUT2D eigenvalue weighted by Crippen LogP contribution is 2.24. The molecule has 0 aliphatic carbocycles. The molecule has 4 amide bonds. The average Bonchev–Trinajstić information content (AvgIpc) is 3.25. The molecule has 150 valence electrons. The van der Waals surface area contributed by atoms with Gasteiger partial charge in [0.15, 0.2) is 0 Å². The number of hydrogen-bond acceptors (Lipinski definition) is 3. The van der Waals surface area contributed by atoms with Crippen LogP contribution in [0, 0.1) is 0 Å². The average molecular weight is 407 g/mol. The van der Waals surface area contributed by atoms with Crippen LogP contribution in [-0.2, 0) is 9.59 Å². The molecule has 0 atom stereocenters. The first-order chi connectivity index (χ1) is 15.1. The van der Waals surface area contributed by atoms with Crippen LogP contribution in [-0.4, -0.2) is 22.4 Å². The molecule has 3 aromatic carbocycles. The van der Waals surface area contributed by atoms with Crippen molar-refractivity contribution in [3.63, 3.8) is 0 Å². The summed E-state index contributed by atoms with van der Waals surface area (Å²) in [5, 5.41) is 4.46. The minimum absolute atomic E-state index is 0.107. The van der Waals surface area contributed by atoms with Gasteiger partial charge in [-0.15, -0.1) is 0 Å². The Morgan fingerprint density at radius 2 is 1.45 bits per heavy atom. The van der Waals surface area contributed by atoms with Crippen LogP contribution >= 0.6 is 0 Å². The molecule has 1 aliphatic heterocycles. The van der Waals surface area contributed by atoms with Gasteiger partial charge in [-0.25, -0.2) is 9.69 Å². The predicted molar refractivity (Wildman–Crippen MR) is 119 cm³/mol. The number of urea groups is 1. The van der Waals surface area contributed by atoms with E-state index < -0.39 is 17.8 Å². The second-order valence-electron chi connectivity index (χ2n) is 7.13. The fraction of sp³-hybridized carbons (Fsp3) is 0. The van der Waals surface area contributed by atoms with Gasteiger partial charge in [-0.3, -0.25) is 14.9 Å². The number of fused-ring (bicyclic) bond motifs is 1. The maximum atomic E-state index is 13.1. The lowest BCUT2D eigenvalue weighted by molar-refractivity contribution is -0.122. The minimum atomic E-state index is -0.761. The number of carbonyl (C=O) groups is 3. The summed E-state index contributed by atoms with van der Waals surface area (Å²) >= 11 is 0. The van der Waals surface area contributed by atoms with E-state index in [1.54, 1.807) is 30.3 Å². The van der Waals surface area contributed by atoms with E-state index in [1.807, 2.05) is 65.4 Å². The molecule has 1 N–H and O–H groups in total. The lowest BCUT2D eigenvalue weighted by Crippen LogP contribution is -2.54. The van der Waals surface area contributed by atoms with Crippen molar-refractivity contribution in [3.05, 3.63) is 102 Å². The Bertz CT molecular complexity index is 1370. The van der Waals surface area contributed by atoms with Crippen molar-refractivity contribution < 1.29 is 14.4 Å². The summed E-state index contributed by atoms with van der Waals surface area (Å²) in [5.74, 6) is -1.38. The SMILES string of the molecule is O=C1NC(=O)N(c2ccccc2)C(=O)/C1=C/c1cccn1-c1ccc2ccccc2c1.